The second-order valence-corrected chi connectivity index (χ2v) is 6.74. The fourth-order valence-electron chi connectivity index (χ4n) is 2.82. The van der Waals surface area contributed by atoms with E-state index in [4.69, 9.17) is 14.6 Å². The number of carboxylic acid groups (broad SMARTS) is 1. The Morgan fingerprint density at radius 2 is 1.96 bits per heavy atom. The van der Waals surface area contributed by atoms with Gasteiger partial charge >= 0.3 is 5.97 Å². The van der Waals surface area contributed by atoms with Gasteiger partial charge in [-0.15, -0.1) is 0 Å². The zero-order valence-corrected chi connectivity index (χ0v) is 14.5. The van der Waals surface area contributed by atoms with Crippen LogP contribution in [0.3, 0.4) is 0 Å². The van der Waals surface area contributed by atoms with Crippen molar-refractivity contribution in [1.29, 1.82) is 0 Å². The van der Waals surface area contributed by atoms with E-state index in [9.17, 15) is 13.6 Å². The summed E-state index contributed by atoms with van der Waals surface area (Å²) in [4.78, 5) is 10.8. The summed E-state index contributed by atoms with van der Waals surface area (Å²) >= 11 is 0. The maximum atomic E-state index is 14.5. The lowest BCUT2D eigenvalue weighted by molar-refractivity contribution is -0.138. The lowest BCUT2D eigenvalue weighted by atomic mass is 10.0. The van der Waals surface area contributed by atoms with Crippen LogP contribution in [-0.2, 0) is 4.79 Å². The Bertz CT molecular complexity index is 819. The second-order valence-electron chi connectivity index (χ2n) is 6.74. The van der Waals surface area contributed by atoms with Gasteiger partial charge in [0.15, 0.2) is 0 Å². The topological polar surface area (TPSA) is 55.8 Å². The van der Waals surface area contributed by atoms with E-state index in [-0.39, 0.29) is 30.1 Å². The molecule has 2 unspecified atom stereocenters. The van der Waals surface area contributed by atoms with Gasteiger partial charge in [0, 0.05) is 23.6 Å². The van der Waals surface area contributed by atoms with E-state index in [0.29, 0.717) is 23.5 Å². The summed E-state index contributed by atoms with van der Waals surface area (Å²) in [6.45, 7) is 3.89. The van der Waals surface area contributed by atoms with Crippen LogP contribution in [0.15, 0.2) is 36.4 Å². The average molecular weight is 362 g/mol. The monoisotopic (exact) mass is 362 g/mol. The van der Waals surface area contributed by atoms with Crippen molar-refractivity contribution < 1.29 is 28.2 Å². The number of rotatable bonds is 7. The SMILES string of the molecule is CC(C)Oc1cc(F)cc(-c2ccc(OCC3CC3C(=O)O)cc2F)c1. The Morgan fingerprint density at radius 1 is 1.19 bits per heavy atom. The zero-order chi connectivity index (χ0) is 18.8. The molecule has 3 rings (SSSR count). The summed E-state index contributed by atoms with van der Waals surface area (Å²) in [5, 5.41) is 8.87. The predicted molar refractivity (Wildman–Crippen MR) is 92.3 cm³/mol. The second kappa shape index (κ2) is 7.32. The number of aliphatic carboxylic acids is 1. The minimum Gasteiger partial charge on any atom is -0.493 e. The predicted octanol–water partition coefficient (Wildman–Crippen LogP) is 4.52. The highest BCUT2D eigenvalue weighted by Gasteiger charge is 2.43. The molecule has 0 radical (unpaired) electrons. The summed E-state index contributed by atoms with van der Waals surface area (Å²) in [6, 6.07) is 8.41. The van der Waals surface area contributed by atoms with Crippen molar-refractivity contribution in [2.45, 2.75) is 26.4 Å². The van der Waals surface area contributed by atoms with Crippen molar-refractivity contribution >= 4 is 5.97 Å². The van der Waals surface area contributed by atoms with Crippen LogP contribution in [0.2, 0.25) is 0 Å². The first-order valence-electron chi connectivity index (χ1n) is 8.46. The van der Waals surface area contributed by atoms with Crippen LogP contribution in [-0.4, -0.2) is 23.8 Å². The minimum atomic E-state index is -0.828. The van der Waals surface area contributed by atoms with Crippen LogP contribution in [0, 0.1) is 23.5 Å². The van der Waals surface area contributed by atoms with Crippen molar-refractivity contribution in [2.75, 3.05) is 6.61 Å². The molecule has 0 bridgehead atoms. The molecular weight excluding hydrogens is 342 g/mol. The number of carboxylic acids is 1. The smallest absolute Gasteiger partial charge is 0.306 e. The quantitative estimate of drug-likeness (QED) is 0.787. The van der Waals surface area contributed by atoms with Crippen LogP contribution >= 0.6 is 0 Å². The van der Waals surface area contributed by atoms with E-state index >= 15 is 0 Å². The number of hydrogen-bond acceptors (Lipinski definition) is 3. The standard InChI is InChI=1S/C20H20F2O4/c1-11(2)26-16-6-12(5-14(21)8-16)17-4-3-15(9-19(17)22)25-10-13-7-18(13)20(23)24/h3-6,8-9,11,13,18H,7,10H2,1-2H3,(H,23,24). The number of ether oxygens (including phenoxy) is 2. The molecule has 1 N–H and O–H groups in total. The van der Waals surface area contributed by atoms with Crippen LogP contribution in [0.4, 0.5) is 8.78 Å². The molecule has 26 heavy (non-hydrogen) atoms. The van der Waals surface area contributed by atoms with Crippen molar-refractivity contribution in [3.63, 3.8) is 0 Å². The summed E-state index contributed by atoms with van der Waals surface area (Å²) in [7, 11) is 0. The van der Waals surface area contributed by atoms with Crippen LogP contribution in [0.25, 0.3) is 11.1 Å². The minimum absolute atomic E-state index is 0.0332. The maximum Gasteiger partial charge on any atom is 0.306 e. The molecule has 1 aliphatic carbocycles. The number of benzene rings is 2. The van der Waals surface area contributed by atoms with Gasteiger partial charge in [0.1, 0.15) is 23.1 Å². The van der Waals surface area contributed by atoms with Gasteiger partial charge in [-0.2, -0.15) is 0 Å². The molecule has 0 aliphatic heterocycles. The molecule has 0 heterocycles. The third kappa shape index (κ3) is 4.31. The van der Waals surface area contributed by atoms with Gasteiger partial charge in [0.05, 0.1) is 18.6 Å². The molecule has 1 aliphatic rings. The molecule has 2 aromatic rings. The van der Waals surface area contributed by atoms with Gasteiger partial charge in [-0.3, -0.25) is 4.79 Å². The van der Waals surface area contributed by atoms with E-state index in [2.05, 4.69) is 0 Å². The van der Waals surface area contributed by atoms with E-state index < -0.39 is 17.6 Å². The summed E-state index contributed by atoms with van der Waals surface area (Å²) in [5.41, 5.74) is 0.609. The molecule has 2 aromatic carbocycles. The largest absolute Gasteiger partial charge is 0.493 e. The molecule has 4 nitrogen and oxygen atoms in total. The first-order valence-corrected chi connectivity index (χ1v) is 8.46. The van der Waals surface area contributed by atoms with E-state index in [1.54, 1.807) is 12.1 Å². The zero-order valence-electron chi connectivity index (χ0n) is 14.5. The Kier molecular flexibility index (Phi) is 5.11. The summed E-state index contributed by atoms with van der Waals surface area (Å²) in [5.74, 6) is -1.63. The number of hydrogen-bond donors (Lipinski definition) is 1. The number of carbonyl (C=O) groups is 1. The lowest BCUT2D eigenvalue weighted by Gasteiger charge is -2.12. The van der Waals surface area contributed by atoms with Gasteiger partial charge in [-0.05, 0) is 50.1 Å². The van der Waals surface area contributed by atoms with E-state index in [1.165, 1.54) is 24.3 Å². The fourth-order valence-corrected chi connectivity index (χ4v) is 2.82. The average Bonchev–Trinajstić information content (AvgIpc) is 3.31. The van der Waals surface area contributed by atoms with Gasteiger partial charge in [0.25, 0.3) is 0 Å². The molecule has 0 aromatic heterocycles. The van der Waals surface area contributed by atoms with Crippen molar-refractivity contribution in [1.82, 2.24) is 0 Å². The highest BCUT2D eigenvalue weighted by Crippen LogP contribution is 2.39. The Labute approximate surface area is 150 Å². The summed E-state index contributed by atoms with van der Waals surface area (Å²) < 4.78 is 39.3. The van der Waals surface area contributed by atoms with Gasteiger partial charge in [0.2, 0.25) is 0 Å². The third-order valence-corrected chi connectivity index (χ3v) is 4.20. The first kappa shape index (κ1) is 18.2. The maximum absolute atomic E-state index is 14.5. The molecule has 1 saturated carbocycles. The molecule has 6 heteroatoms. The highest BCUT2D eigenvalue weighted by atomic mass is 19.1. The third-order valence-electron chi connectivity index (χ3n) is 4.20. The van der Waals surface area contributed by atoms with Crippen molar-refractivity contribution in [3.05, 3.63) is 48.0 Å². The summed E-state index contributed by atoms with van der Waals surface area (Å²) in [6.07, 6.45) is 0.458. The van der Waals surface area contributed by atoms with Gasteiger partial charge in [-0.1, -0.05) is 0 Å². The highest BCUT2D eigenvalue weighted by molar-refractivity contribution is 5.73. The Hall–Kier alpha value is -2.63. The molecular formula is C20H20F2O4. The van der Waals surface area contributed by atoms with Crippen molar-refractivity contribution in [2.24, 2.45) is 11.8 Å². The Morgan fingerprint density at radius 3 is 2.58 bits per heavy atom. The van der Waals surface area contributed by atoms with E-state index in [1.807, 2.05) is 13.8 Å². The molecule has 0 spiro atoms. The first-order chi connectivity index (χ1) is 12.3. The molecule has 138 valence electrons. The van der Waals surface area contributed by atoms with E-state index in [0.717, 1.165) is 0 Å². The molecule has 0 saturated heterocycles. The van der Waals surface area contributed by atoms with Crippen LogP contribution < -0.4 is 9.47 Å². The Balaban J connectivity index is 1.73. The van der Waals surface area contributed by atoms with Crippen molar-refractivity contribution in [3.8, 4) is 22.6 Å². The lowest BCUT2D eigenvalue weighted by Crippen LogP contribution is -2.06. The van der Waals surface area contributed by atoms with Gasteiger partial charge < -0.3 is 14.6 Å². The normalized spacial score (nSPS) is 18.7. The van der Waals surface area contributed by atoms with Gasteiger partial charge in [-0.25, -0.2) is 8.78 Å². The molecule has 0 amide bonds. The molecule has 1 fully saturated rings. The number of halogens is 2. The van der Waals surface area contributed by atoms with Crippen LogP contribution in [0.5, 0.6) is 11.5 Å². The molecule has 2 atom stereocenters. The van der Waals surface area contributed by atoms with Crippen LogP contribution in [0.1, 0.15) is 20.3 Å². The fraction of sp³-hybridized carbons (Fsp3) is 0.350.